The first kappa shape index (κ1) is 18.2. The molecule has 1 unspecified atom stereocenters. The van der Waals surface area contributed by atoms with E-state index in [4.69, 9.17) is 4.74 Å². The van der Waals surface area contributed by atoms with Crippen molar-refractivity contribution in [1.29, 1.82) is 0 Å². The van der Waals surface area contributed by atoms with Crippen LogP contribution >= 0.6 is 0 Å². The van der Waals surface area contributed by atoms with Crippen LogP contribution < -0.4 is 4.74 Å². The van der Waals surface area contributed by atoms with Crippen molar-refractivity contribution in [1.82, 2.24) is 4.90 Å². The van der Waals surface area contributed by atoms with Crippen LogP contribution in [0.5, 0.6) is 5.75 Å². The lowest BCUT2D eigenvalue weighted by Crippen LogP contribution is -2.33. The van der Waals surface area contributed by atoms with E-state index in [1.54, 1.807) is 7.11 Å². The zero-order valence-corrected chi connectivity index (χ0v) is 15.7. The van der Waals surface area contributed by atoms with Crippen LogP contribution in [-0.2, 0) is 19.8 Å². The maximum atomic E-state index is 10.9. The first-order valence-corrected chi connectivity index (χ1v) is 9.31. The normalized spacial score (nSPS) is 17.4. The van der Waals surface area contributed by atoms with Crippen LogP contribution in [-0.4, -0.2) is 40.4 Å². The molecule has 0 fully saturated rings. The van der Waals surface area contributed by atoms with E-state index in [0.717, 1.165) is 56.9 Å². The highest BCUT2D eigenvalue weighted by Gasteiger charge is 2.28. The molecular weight excluding hydrogens is 342 g/mol. The molecule has 0 radical (unpaired) electrons. The Morgan fingerprint density at radius 1 is 1.04 bits per heavy atom. The van der Waals surface area contributed by atoms with Gasteiger partial charge < -0.3 is 20.1 Å². The minimum Gasteiger partial charge on any atom is -0.496 e. The third-order valence-corrected chi connectivity index (χ3v) is 5.68. The Labute approximate surface area is 158 Å². The van der Waals surface area contributed by atoms with E-state index in [1.165, 1.54) is 0 Å². The molecule has 0 spiro atoms. The summed E-state index contributed by atoms with van der Waals surface area (Å²) < 4.78 is 5.50. The van der Waals surface area contributed by atoms with Gasteiger partial charge in [0.2, 0.25) is 0 Å². The highest BCUT2D eigenvalue weighted by atomic mass is 16.5. The molecule has 3 aromatic rings. The van der Waals surface area contributed by atoms with Gasteiger partial charge in [0, 0.05) is 18.7 Å². The Bertz CT molecular complexity index is 1010. The molecular formula is C22H25NO4. The highest BCUT2D eigenvalue weighted by Crippen LogP contribution is 2.42. The van der Waals surface area contributed by atoms with Gasteiger partial charge in [0.15, 0.2) is 0 Å². The molecule has 0 saturated heterocycles. The fraction of sp³-hybridized carbons (Fsp3) is 0.364. The molecule has 3 N–H and O–H groups in total. The smallest absolute Gasteiger partial charge is 0.125 e. The van der Waals surface area contributed by atoms with E-state index in [-0.39, 0.29) is 13.2 Å². The molecule has 1 aliphatic rings. The summed E-state index contributed by atoms with van der Waals surface area (Å²) in [5, 5.41) is 34.3. The minimum atomic E-state index is -0.566. The predicted molar refractivity (Wildman–Crippen MR) is 106 cm³/mol. The summed E-state index contributed by atoms with van der Waals surface area (Å²) in [6, 6.07) is 9.81. The number of benzene rings is 3. The van der Waals surface area contributed by atoms with Gasteiger partial charge in [0.05, 0.1) is 26.4 Å². The number of rotatable bonds is 4. The van der Waals surface area contributed by atoms with E-state index in [1.807, 2.05) is 30.3 Å². The van der Waals surface area contributed by atoms with Crippen LogP contribution in [0, 0.1) is 0 Å². The summed E-state index contributed by atoms with van der Waals surface area (Å²) >= 11 is 0. The van der Waals surface area contributed by atoms with Crippen molar-refractivity contribution >= 4 is 21.5 Å². The molecule has 0 amide bonds. The molecule has 1 aliphatic heterocycles. The summed E-state index contributed by atoms with van der Waals surface area (Å²) in [5.74, 6) is 0.646. The number of methoxy groups -OCH3 is 1. The van der Waals surface area contributed by atoms with E-state index in [2.05, 4.69) is 11.8 Å². The second-order valence-electron chi connectivity index (χ2n) is 7.14. The summed E-state index contributed by atoms with van der Waals surface area (Å²) in [6.07, 6.45) is -0.566. The number of aliphatic hydroxyl groups is 3. The van der Waals surface area contributed by atoms with Crippen molar-refractivity contribution in [3.63, 3.8) is 0 Å². The first-order chi connectivity index (χ1) is 13.1. The number of β-amino-alcohol motifs (C(OH)–C–C–N with tert-alkyl or cyclic N) is 1. The number of hydrogen-bond donors (Lipinski definition) is 3. The second kappa shape index (κ2) is 7.09. The summed E-state index contributed by atoms with van der Waals surface area (Å²) in [6.45, 7) is 4.19. The molecule has 1 atom stereocenters. The fourth-order valence-electron chi connectivity index (χ4n) is 4.28. The van der Waals surface area contributed by atoms with Gasteiger partial charge in [0.1, 0.15) is 5.75 Å². The van der Waals surface area contributed by atoms with Gasteiger partial charge >= 0.3 is 0 Å². The zero-order chi connectivity index (χ0) is 19.1. The monoisotopic (exact) mass is 367 g/mol. The van der Waals surface area contributed by atoms with Gasteiger partial charge in [-0.05, 0) is 63.0 Å². The number of aliphatic hydroxyl groups excluding tert-OH is 3. The summed E-state index contributed by atoms with van der Waals surface area (Å²) in [7, 11) is 1.60. The van der Waals surface area contributed by atoms with Gasteiger partial charge in [0.25, 0.3) is 0 Å². The number of nitrogens with zero attached hydrogens (tertiary/aromatic N) is 1. The maximum absolute atomic E-state index is 10.9. The summed E-state index contributed by atoms with van der Waals surface area (Å²) in [4.78, 5) is 2.23. The Balaban J connectivity index is 2.16. The predicted octanol–water partition coefficient (Wildman–Crippen LogP) is 2.86. The van der Waals surface area contributed by atoms with Crippen LogP contribution in [0.1, 0.15) is 35.3 Å². The molecule has 0 saturated carbocycles. The molecule has 142 valence electrons. The Hall–Kier alpha value is -2.18. The van der Waals surface area contributed by atoms with Gasteiger partial charge in [-0.2, -0.15) is 0 Å². The van der Waals surface area contributed by atoms with E-state index in [0.29, 0.717) is 12.3 Å². The highest BCUT2D eigenvalue weighted by molar-refractivity contribution is 6.12. The Kier molecular flexibility index (Phi) is 4.78. The standard InChI is InChI=1S/C22H25NO4/c1-3-23-9-19-18-8-21(27-2)14(12-25)7-17(18)16-6-13(11-24)4-5-15(16)22(19)20(26)10-23/h4-8,20,24-26H,3,9-12H2,1-2H3. The van der Waals surface area contributed by atoms with Crippen molar-refractivity contribution in [2.45, 2.75) is 32.8 Å². The molecule has 0 bridgehead atoms. The topological polar surface area (TPSA) is 73.2 Å². The van der Waals surface area contributed by atoms with Crippen LogP contribution in [0.25, 0.3) is 21.5 Å². The van der Waals surface area contributed by atoms with E-state index < -0.39 is 6.10 Å². The largest absolute Gasteiger partial charge is 0.496 e. The quantitative estimate of drug-likeness (QED) is 0.619. The van der Waals surface area contributed by atoms with Gasteiger partial charge in [-0.15, -0.1) is 0 Å². The Morgan fingerprint density at radius 2 is 1.81 bits per heavy atom. The first-order valence-electron chi connectivity index (χ1n) is 9.31. The molecule has 1 heterocycles. The minimum absolute atomic E-state index is 0.0380. The average Bonchev–Trinajstić information content (AvgIpc) is 2.71. The van der Waals surface area contributed by atoms with Crippen LogP contribution in [0.3, 0.4) is 0 Å². The van der Waals surface area contributed by atoms with Gasteiger partial charge in [-0.1, -0.05) is 19.1 Å². The maximum Gasteiger partial charge on any atom is 0.125 e. The molecule has 27 heavy (non-hydrogen) atoms. The SMILES string of the molecule is CCN1Cc2c(c3ccc(CO)cc3c3cc(CO)c(OC)cc23)C(O)C1. The molecule has 0 aliphatic carbocycles. The van der Waals surface area contributed by atoms with Crippen LogP contribution in [0.2, 0.25) is 0 Å². The van der Waals surface area contributed by atoms with Crippen molar-refractivity contribution in [2.75, 3.05) is 20.2 Å². The van der Waals surface area contributed by atoms with Crippen molar-refractivity contribution in [3.05, 3.63) is 52.6 Å². The van der Waals surface area contributed by atoms with Crippen LogP contribution in [0.4, 0.5) is 0 Å². The molecule has 4 rings (SSSR count). The number of fused-ring (bicyclic) bond motifs is 6. The fourth-order valence-corrected chi connectivity index (χ4v) is 4.28. The van der Waals surface area contributed by atoms with Crippen molar-refractivity contribution < 1.29 is 20.1 Å². The molecule has 5 heteroatoms. The van der Waals surface area contributed by atoms with Crippen molar-refractivity contribution in [3.8, 4) is 5.75 Å². The third kappa shape index (κ3) is 2.87. The van der Waals surface area contributed by atoms with Gasteiger partial charge in [-0.25, -0.2) is 0 Å². The van der Waals surface area contributed by atoms with Crippen molar-refractivity contribution in [2.24, 2.45) is 0 Å². The van der Waals surface area contributed by atoms with Crippen LogP contribution in [0.15, 0.2) is 30.3 Å². The number of likely N-dealkylation sites (N-methyl/N-ethyl adjacent to an activating group) is 1. The second-order valence-corrected chi connectivity index (χ2v) is 7.14. The van der Waals surface area contributed by atoms with E-state index >= 15 is 0 Å². The molecule has 0 aromatic heterocycles. The molecule has 5 nitrogen and oxygen atoms in total. The lowest BCUT2D eigenvalue weighted by atomic mass is 9.85. The third-order valence-electron chi connectivity index (χ3n) is 5.68. The van der Waals surface area contributed by atoms with Gasteiger partial charge in [-0.3, -0.25) is 4.90 Å². The number of ether oxygens (including phenoxy) is 1. The zero-order valence-electron chi connectivity index (χ0n) is 15.7. The lowest BCUT2D eigenvalue weighted by molar-refractivity contribution is 0.0977. The molecule has 3 aromatic carbocycles. The number of hydrogen-bond acceptors (Lipinski definition) is 5. The average molecular weight is 367 g/mol. The van der Waals surface area contributed by atoms with E-state index in [9.17, 15) is 15.3 Å². The Morgan fingerprint density at radius 3 is 2.48 bits per heavy atom. The lowest BCUT2D eigenvalue weighted by Gasteiger charge is -2.33. The summed E-state index contributed by atoms with van der Waals surface area (Å²) in [5.41, 5.74) is 3.62.